The van der Waals surface area contributed by atoms with Gasteiger partial charge in [0, 0.05) is 37.6 Å². The number of hydrogen-bond acceptors (Lipinski definition) is 7. The SMILES string of the molecule is COc1cc(NC(=O)CCc2nc(-c3ccco3)no2)ccc1N1CCCC1=O. The van der Waals surface area contributed by atoms with Crippen LogP contribution in [-0.4, -0.2) is 35.6 Å². The molecule has 29 heavy (non-hydrogen) atoms. The van der Waals surface area contributed by atoms with Gasteiger partial charge in [-0.2, -0.15) is 4.98 Å². The molecule has 1 aliphatic rings. The second-order valence-corrected chi connectivity index (χ2v) is 6.57. The normalized spacial score (nSPS) is 13.7. The molecule has 9 nitrogen and oxygen atoms in total. The highest BCUT2D eigenvalue weighted by Crippen LogP contribution is 2.33. The Morgan fingerprint density at radius 2 is 2.24 bits per heavy atom. The molecule has 3 aromatic rings. The highest BCUT2D eigenvalue weighted by Gasteiger charge is 2.24. The third-order valence-corrected chi connectivity index (χ3v) is 4.60. The van der Waals surface area contributed by atoms with Crippen LogP contribution in [0.4, 0.5) is 11.4 Å². The number of hydrogen-bond donors (Lipinski definition) is 1. The van der Waals surface area contributed by atoms with Crippen LogP contribution in [-0.2, 0) is 16.0 Å². The lowest BCUT2D eigenvalue weighted by molar-refractivity contribution is -0.117. The molecule has 0 saturated carbocycles. The zero-order chi connectivity index (χ0) is 20.2. The van der Waals surface area contributed by atoms with E-state index < -0.39 is 0 Å². The van der Waals surface area contributed by atoms with Crippen molar-refractivity contribution in [1.29, 1.82) is 0 Å². The molecule has 1 aliphatic heterocycles. The van der Waals surface area contributed by atoms with Gasteiger partial charge in [-0.15, -0.1) is 0 Å². The van der Waals surface area contributed by atoms with Gasteiger partial charge >= 0.3 is 0 Å². The van der Waals surface area contributed by atoms with Crippen LogP contribution in [0.15, 0.2) is 45.5 Å². The van der Waals surface area contributed by atoms with Gasteiger partial charge in [0.25, 0.3) is 0 Å². The number of carbonyl (C=O) groups excluding carboxylic acids is 2. The second kappa shape index (κ2) is 8.17. The molecule has 0 unspecified atom stereocenters. The number of nitrogens with zero attached hydrogens (tertiary/aromatic N) is 3. The average Bonchev–Trinajstić information content (AvgIpc) is 3.48. The van der Waals surface area contributed by atoms with Crippen LogP contribution in [0, 0.1) is 0 Å². The zero-order valence-corrected chi connectivity index (χ0v) is 15.9. The molecule has 0 atom stereocenters. The molecular formula is C20H20N4O5. The van der Waals surface area contributed by atoms with Gasteiger partial charge < -0.3 is 23.9 Å². The van der Waals surface area contributed by atoms with Crippen molar-refractivity contribution in [3.05, 3.63) is 42.5 Å². The average molecular weight is 396 g/mol. The summed E-state index contributed by atoms with van der Waals surface area (Å²) in [5, 5.41) is 6.66. The quantitative estimate of drug-likeness (QED) is 0.653. The van der Waals surface area contributed by atoms with Gasteiger partial charge in [0.05, 0.1) is 19.1 Å². The molecule has 150 valence electrons. The largest absolute Gasteiger partial charge is 0.494 e. The fraction of sp³-hybridized carbons (Fsp3) is 0.300. The maximum atomic E-state index is 12.3. The van der Waals surface area contributed by atoms with Gasteiger partial charge in [0.15, 0.2) is 5.76 Å². The van der Waals surface area contributed by atoms with E-state index in [-0.39, 0.29) is 18.2 Å². The fourth-order valence-electron chi connectivity index (χ4n) is 3.19. The van der Waals surface area contributed by atoms with E-state index in [0.717, 1.165) is 6.42 Å². The first-order chi connectivity index (χ1) is 14.1. The number of aryl methyl sites for hydroxylation is 1. The van der Waals surface area contributed by atoms with Crippen molar-refractivity contribution in [1.82, 2.24) is 10.1 Å². The molecule has 0 spiro atoms. The van der Waals surface area contributed by atoms with Gasteiger partial charge in [0.1, 0.15) is 5.75 Å². The Labute approximate surface area is 166 Å². The molecule has 0 bridgehead atoms. The maximum absolute atomic E-state index is 12.3. The molecule has 1 aromatic carbocycles. The predicted molar refractivity (Wildman–Crippen MR) is 104 cm³/mol. The third kappa shape index (κ3) is 4.13. The van der Waals surface area contributed by atoms with Crippen molar-refractivity contribution in [3.63, 3.8) is 0 Å². The molecule has 1 saturated heterocycles. The van der Waals surface area contributed by atoms with E-state index in [1.807, 2.05) is 0 Å². The molecule has 2 amide bonds. The van der Waals surface area contributed by atoms with Crippen LogP contribution in [0.3, 0.4) is 0 Å². The lowest BCUT2D eigenvalue weighted by Crippen LogP contribution is -2.24. The standard InChI is InChI=1S/C20H20N4O5/c1-27-16-12-13(6-7-14(16)24-10-2-5-19(24)26)21-17(25)8-9-18-22-20(23-29-18)15-4-3-11-28-15/h3-4,6-7,11-12H,2,5,8-10H2,1H3,(H,21,25). The number of nitrogens with one attached hydrogen (secondary N) is 1. The first-order valence-electron chi connectivity index (χ1n) is 9.29. The van der Waals surface area contributed by atoms with E-state index in [1.165, 1.54) is 13.4 Å². The van der Waals surface area contributed by atoms with E-state index in [1.54, 1.807) is 35.2 Å². The number of aromatic nitrogens is 2. The van der Waals surface area contributed by atoms with Crippen LogP contribution in [0.2, 0.25) is 0 Å². The Morgan fingerprint density at radius 3 is 2.97 bits per heavy atom. The number of amides is 2. The van der Waals surface area contributed by atoms with E-state index in [9.17, 15) is 9.59 Å². The van der Waals surface area contributed by atoms with Crippen molar-refractivity contribution >= 4 is 23.2 Å². The summed E-state index contributed by atoms with van der Waals surface area (Å²) in [5.41, 5.74) is 1.30. The number of furan rings is 1. The summed E-state index contributed by atoms with van der Waals surface area (Å²) in [4.78, 5) is 30.2. The zero-order valence-electron chi connectivity index (χ0n) is 15.9. The molecule has 1 N–H and O–H groups in total. The van der Waals surface area contributed by atoms with E-state index in [2.05, 4.69) is 15.5 Å². The molecule has 1 fully saturated rings. The van der Waals surface area contributed by atoms with E-state index in [4.69, 9.17) is 13.7 Å². The third-order valence-electron chi connectivity index (χ3n) is 4.60. The van der Waals surface area contributed by atoms with Crippen molar-refractivity contribution in [2.24, 2.45) is 0 Å². The summed E-state index contributed by atoms with van der Waals surface area (Å²) >= 11 is 0. The second-order valence-electron chi connectivity index (χ2n) is 6.57. The van der Waals surface area contributed by atoms with Crippen LogP contribution in [0.1, 0.15) is 25.2 Å². The molecule has 4 rings (SSSR count). The summed E-state index contributed by atoms with van der Waals surface area (Å²) in [6.07, 6.45) is 3.38. The molecule has 0 radical (unpaired) electrons. The van der Waals surface area contributed by atoms with Gasteiger partial charge in [0.2, 0.25) is 23.5 Å². The number of rotatable bonds is 7. The molecule has 0 aliphatic carbocycles. The molecular weight excluding hydrogens is 376 g/mol. The summed E-state index contributed by atoms with van der Waals surface area (Å²) in [5.74, 6) is 1.63. The van der Waals surface area contributed by atoms with Gasteiger partial charge in [-0.3, -0.25) is 9.59 Å². The number of ether oxygens (including phenoxy) is 1. The number of anilines is 2. The summed E-state index contributed by atoms with van der Waals surface area (Å²) in [6, 6.07) is 8.71. The van der Waals surface area contributed by atoms with Crippen LogP contribution in [0.5, 0.6) is 5.75 Å². The van der Waals surface area contributed by atoms with Crippen molar-refractivity contribution < 1.29 is 23.3 Å². The summed E-state index contributed by atoms with van der Waals surface area (Å²) in [7, 11) is 1.54. The Kier molecular flexibility index (Phi) is 5.28. The first kappa shape index (κ1) is 18.7. The Hall–Kier alpha value is -3.62. The minimum absolute atomic E-state index is 0.0774. The van der Waals surface area contributed by atoms with E-state index in [0.29, 0.717) is 54.0 Å². The van der Waals surface area contributed by atoms with Crippen LogP contribution >= 0.6 is 0 Å². The van der Waals surface area contributed by atoms with Crippen molar-refractivity contribution in [2.45, 2.75) is 25.7 Å². The molecule has 2 aromatic heterocycles. The summed E-state index contributed by atoms with van der Waals surface area (Å²) < 4.78 is 15.8. The van der Waals surface area contributed by atoms with Gasteiger partial charge in [-0.25, -0.2) is 0 Å². The fourth-order valence-corrected chi connectivity index (χ4v) is 3.19. The minimum Gasteiger partial charge on any atom is -0.494 e. The lowest BCUT2D eigenvalue weighted by Gasteiger charge is -2.19. The first-order valence-corrected chi connectivity index (χ1v) is 9.29. The number of methoxy groups -OCH3 is 1. The highest BCUT2D eigenvalue weighted by atomic mass is 16.5. The number of carbonyl (C=O) groups is 2. The topological polar surface area (TPSA) is 111 Å². The van der Waals surface area contributed by atoms with Crippen molar-refractivity contribution in [3.8, 4) is 17.3 Å². The van der Waals surface area contributed by atoms with Gasteiger partial charge in [-0.05, 0) is 30.7 Å². The maximum Gasteiger partial charge on any atom is 0.238 e. The van der Waals surface area contributed by atoms with E-state index >= 15 is 0 Å². The Morgan fingerprint density at radius 1 is 1.34 bits per heavy atom. The Bertz CT molecular complexity index is 1010. The minimum atomic E-state index is -0.199. The summed E-state index contributed by atoms with van der Waals surface area (Å²) in [6.45, 7) is 0.672. The van der Waals surface area contributed by atoms with Gasteiger partial charge in [-0.1, -0.05) is 5.16 Å². The van der Waals surface area contributed by atoms with Crippen molar-refractivity contribution in [2.75, 3.05) is 23.9 Å². The molecule has 3 heterocycles. The highest BCUT2D eigenvalue weighted by molar-refractivity contribution is 5.98. The molecule has 9 heteroatoms. The Balaban J connectivity index is 1.36. The van der Waals surface area contributed by atoms with Crippen LogP contribution < -0.4 is 15.0 Å². The monoisotopic (exact) mass is 396 g/mol. The predicted octanol–water partition coefficient (Wildman–Crippen LogP) is 3.04. The lowest BCUT2D eigenvalue weighted by atomic mass is 10.2. The smallest absolute Gasteiger partial charge is 0.238 e. The van der Waals surface area contributed by atoms with Crippen LogP contribution in [0.25, 0.3) is 11.6 Å². The number of benzene rings is 1.